The number of pyridine rings is 1. The Morgan fingerprint density at radius 3 is 2.78 bits per heavy atom. The van der Waals surface area contributed by atoms with E-state index in [9.17, 15) is 4.39 Å². The number of anilines is 2. The van der Waals surface area contributed by atoms with Crippen LogP contribution in [-0.4, -0.2) is 47.1 Å². The van der Waals surface area contributed by atoms with Gasteiger partial charge in [0.1, 0.15) is 12.0 Å². The average molecular weight is 371 g/mol. The lowest BCUT2D eigenvalue weighted by atomic mass is 10.0. The molecule has 0 spiro atoms. The van der Waals surface area contributed by atoms with Gasteiger partial charge in [-0.05, 0) is 44.5 Å². The highest BCUT2D eigenvalue weighted by Crippen LogP contribution is 2.30. The number of aromatic nitrogens is 3. The van der Waals surface area contributed by atoms with Gasteiger partial charge in [-0.3, -0.25) is 4.68 Å². The summed E-state index contributed by atoms with van der Waals surface area (Å²) in [6, 6.07) is 4.04. The maximum absolute atomic E-state index is 13.6. The monoisotopic (exact) mass is 371 g/mol. The molecule has 4 rings (SSSR count). The Morgan fingerprint density at radius 1 is 1.26 bits per heavy atom. The van der Waals surface area contributed by atoms with Crippen molar-refractivity contribution in [1.82, 2.24) is 20.1 Å². The van der Waals surface area contributed by atoms with Crippen molar-refractivity contribution in [2.75, 3.05) is 36.8 Å². The van der Waals surface area contributed by atoms with Crippen molar-refractivity contribution in [1.29, 1.82) is 0 Å². The summed E-state index contributed by atoms with van der Waals surface area (Å²) in [5.41, 5.74) is 14.9. The number of halogens is 1. The normalized spacial score (nSPS) is 21.7. The summed E-state index contributed by atoms with van der Waals surface area (Å²) in [6.45, 7) is 3.03. The Bertz CT molecular complexity index is 825. The first-order valence-corrected chi connectivity index (χ1v) is 9.48. The van der Waals surface area contributed by atoms with Gasteiger partial charge in [-0.25, -0.2) is 9.37 Å². The number of hydrogen-bond acceptors (Lipinski definition) is 6. The van der Waals surface area contributed by atoms with E-state index in [0.717, 1.165) is 42.9 Å². The summed E-state index contributed by atoms with van der Waals surface area (Å²) in [4.78, 5) is 6.64. The minimum atomic E-state index is -0.805. The van der Waals surface area contributed by atoms with Crippen molar-refractivity contribution >= 4 is 17.1 Å². The molecule has 1 atom stereocenters. The summed E-state index contributed by atoms with van der Waals surface area (Å²) in [6.07, 6.45) is 7.17. The SMILES string of the molecule is N/C=C(/c1cnn(C2CCNCC2)c1)c1nc(N2CCC(F)C2)ccc1N. The van der Waals surface area contributed by atoms with Gasteiger partial charge in [0.25, 0.3) is 0 Å². The maximum atomic E-state index is 13.6. The largest absolute Gasteiger partial charge is 0.404 e. The molecule has 5 N–H and O–H groups in total. The molecule has 2 saturated heterocycles. The maximum Gasteiger partial charge on any atom is 0.129 e. The zero-order valence-corrected chi connectivity index (χ0v) is 15.3. The highest BCUT2D eigenvalue weighted by Gasteiger charge is 2.24. The molecule has 7 nitrogen and oxygen atoms in total. The van der Waals surface area contributed by atoms with Crippen LogP contribution in [0.15, 0.2) is 30.7 Å². The molecule has 0 amide bonds. The molecule has 2 aromatic rings. The second kappa shape index (κ2) is 7.56. The van der Waals surface area contributed by atoms with E-state index in [1.54, 1.807) is 0 Å². The third-order valence-corrected chi connectivity index (χ3v) is 5.38. The standard InChI is InChI=1S/C19H26FN7/c20-14-5-8-26(12-14)18-2-1-17(22)19(25-18)16(9-21)13-10-24-27(11-13)15-3-6-23-7-4-15/h1-2,9-11,14-15,23H,3-8,12,21-22H2/b16-9-. The molecule has 2 fully saturated rings. The molecule has 0 radical (unpaired) electrons. The van der Waals surface area contributed by atoms with Crippen LogP contribution in [0.3, 0.4) is 0 Å². The number of alkyl halides is 1. The van der Waals surface area contributed by atoms with Gasteiger partial charge in [0.2, 0.25) is 0 Å². The van der Waals surface area contributed by atoms with Gasteiger partial charge in [-0.2, -0.15) is 5.10 Å². The molecule has 2 aliphatic rings. The number of piperidine rings is 1. The van der Waals surface area contributed by atoms with Crippen molar-refractivity contribution in [2.45, 2.75) is 31.5 Å². The molecule has 0 saturated carbocycles. The summed E-state index contributed by atoms with van der Waals surface area (Å²) in [5, 5.41) is 7.90. The first kappa shape index (κ1) is 17.8. The fraction of sp³-hybridized carbons (Fsp3) is 0.474. The van der Waals surface area contributed by atoms with E-state index < -0.39 is 6.17 Å². The molecule has 0 bridgehead atoms. The Kier molecular flexibility index (Phi) is 4.98. The topological polar surface area (TPSA) is 98.0 Å². The van der Waals surface area contributed by atoms with Crippen LogP contribution in [-0.2, 0) is 0 Å². The minimum absolute atomic E-state index is 0.367. The molecular formula is C19H26FN7. The molecule has 2 aromatic heterocycles. The van der Waals surface area contributed by atoms with Crippen molar-refractivity contribution < 1.29 is 4.39 Å². The summed E-state index contributed by atoms with van der Waals surface area (Å²) in [7, 11) is 0. The van der Waals surface area contributed by atoms with Crippen molar-refractivity contribution in [3.63, 3.8) is 0 Å². The number of nitrogens with one attached hydrogen (secondary N) is 1. The lowest BCUT2D eigenvalue weighted by Crippen LogP contribution is -2.29. The Labute approximate surface area is 158 Å². The Morgan fingerprint density at radius 2 is 2.07 bits per heavy atom. The zero-order valence-electron chi connectivity index (χ0n) is 15.3. The fourth-order valence-electron chi connectivity index (χ4n) is 3.84. The highest BCUT2D eigenvalue weighted by atomic mass is 19.1. The van der Waals surface area contributed by atoms with Gasteiger partial charge in [-0.1, -0.05) is 0 Å². The Balaban J connectivity index is 1.62. The van der Waals surface area contributed by atoms with E-state index in [2.05, 4.69) is 10.4 Å². The first-order valence-electron chi connectivity index (χ1n) is 9.48. The lowest BCUT2D eigenvalue weighted by molar-refractivity contribution is 0.343. The van der Waals surface area contributed by atoms with Crippen LogP contribution in [0.2, 0.25) is 0 Å². The van der Waals surface area contributed by atoms with Gasteiger partial charge in [0, 0.05) is 30.1 Å². The average Bonchev–Trinajstić information content (AvgIpc) is 3.34. The van der Waals surface area contributed by atoms with E-state index in [-0.39, 0.29) is 0 Å². The Hall–Kier alpha value is -2.61. The smallest absolute Gasteiger partial charge is 0.129 e. The second-order valence-corrected chi connectivity index (χ2v) is 7.21. The summed E-state index contributed by atoms with van der Waals surface area (Å²) in [5.74, 6) is 0.726. The van der Waals surface area contributed by atoms with E-state index in [4.69, 9.17) is 16.5 Å². The number of nitrogens with two attached hydrogens (primary N) is 2. The molecule has 144 valence electrons. The zero-order chi connectivity index (χ0) is 18.8. The molecule has 27 heavy (non-hydrogen) atoms. The molecule has 8 heteroatoms. The van der Waals surface area contributed by atoms with E-state index in [0.29, 0.717) is 36.9 Å². The molecule has 1 unspecified atom stereocenters. The second-order valence-electron chi connectivity index (χ2n) is 7.21. The number of rotatable bonds is 4. The quantitative estimate of drug-likeness (QED) is 0.756. The number of nitrogens with zero attached hydrogens (tertiary/aromatic N) is 4. The third-order valence-electron chi connectivity index (χ3n) is 5.38. The van der Waals surface area contributed by atoms with E-state index in [1.165, 1.54) is 6.20 Å². The third kappa shape index (κ3) is 3.62. The van der Waals surface area contributed by atoms with Gasteiger partial charge < -0.3 is 21.7 Å². The van der Waals surface area contributed by atoms with E-state index in [1.807, 2.05) is 34.1 Å². The van der Waals surface area contributed by atoms with Crippen LogP contribution >= 0.6 is 0 Å². The van der Waals surface area contributed by atoms with Crippen LogP contribution in [0.1, 0.15) is 36.6 Å². The van der Waals surface area contributed by atoms with Crippen LogP contribution in [0.5, 0.6) is 0 Å². The lowest BCUT2D eigenvalue weighted by Gasteiger charge is -2.22. The van der Waals surface area contributed by atoms with Gasteiger partial charge in [0.15, 0.2) is 0 Å². The predicted molar refractivity (Wildman–Crippen MR) is 105 cm³/mol. The van der Waals surface area contributed by atoms with Gasteiger partial charge >= 0.3 is 0 Å². The number of nitrogen functional groups attached to an aromatic ring is 1. The van der Waals surface area contributed by atoms with Crippen LogP contribution < -0.4 is 21.7 Å². The van der Waals surface area contributed by atoms with Gasteiger partial charge in [0.05, 0.1) is 30.2 Å². The first-order chi connectivity index (χ1) is 13.2. The number of hydrogen-bond donors (Lipinski definition) is 3. The summed E-state index contributed by atoms with van der Waals surface area (Å²) < 4.78 is 15.6. The molecular weight excluding hydrogens is 345 g/mol. The van der Waals surface area contributed by atoms with Crippen molar-refractivity contribution in [3.8, 4) is 0 Å². The van der Waals surface area contributed by atoms with Crippen molar-refractivity contribution in [2.24, 2.45) is 5.73 Å². The summed E-state index contributed by atoms with van der Waals surface area (Å²) >= 11 is 0. The molecule has 0 aromatic carbocycles. The highest BCUT2D eigenvalue weighted by molar-refractivity contribution is 5.83. The minimum Gasteiger partial charge on any atom is -0.404 e. The van der Waals surface area contributed by atoms with E-state index >= 15 is 0 Å². The van der Waals surface area contributed by atoms with Crippen LogP contribution in [0.25, 0.3) is 5.57 Å². The van der Waals surface area contributed by atoms with Crippen LogP contribution in [0, 0.1) is 0 Å². The molecule has 0 aliphatic carbocycles. The molecule has 4 heterocycles. The predicted octanol–water partition coefficient (Wildman–Crippen LogP) is 1.68. The fourth-order valence-corrected chi connectivity index (χ4v) is 3.84. The molecule has 2 aliphatic heterocycles. The van der Waals surface area contributed by atoms with Crippen LogP contribution in [0.4, 0.5) is 15.9 Å². The van der Waals surface area contributed by atoms with Gasteiger partial charge in [-0.15, -0.1) is 0 Å². The van der Waals surface area contributed by atoms with Crippen molar-refractivity contribution in [3.05, 3.63) is 42.0 Å².